The lowest BCUT2D eigenvalue weighted by Gasteiger charge is -2.30. The van der Waals surface area contributed by atoms with Gasteiger partial charge < -0.3 is 15.0 Å². The molecular formula is C23H23N3O3. The van der Waals surface area contributed by atoms with Crippen LogP contribution in [0.25, 0.3) is 6.08 Å². The van der Waals surface area contributed by atoms with Gasteiger partial charge in [0.2, 0.25) is 11.8 Å². The number of likely N-dealkylation sites (tertiary alicyclic amines) is 1. The van der Waals surface area contributed by atoms with Crippen LogP contribution < -0.4 is 10.1 Å². The van der Waals surface area contributed by atoms with E-state index in [2.05, 4.69) is 5.32 Å². The molecule has 1 aliphatic rings. The Morgan fingerprint density at radius 2 is 1.79 bits per heavy atom. The summed E-state index contributed by atoms with van der Waals surface area (Å²) in [5, 5.41) is 11.4. The van der Waals surface area contributed by atoms with Gasteiger partial charge in [-0.05, 0) is 48.7 Å². The average molecular weight is 389 g/mol. The minimum Gasteiger partial charge on any atom is -0.479 e. The van der Waals surface area contributed by atoms with Gasteiger partial charge in [-0.2, -0.15) is 5.26 Å². The van der Waals surface area contributed by atoms with E-state index in [9.17, 15) is 9.59 Å². The number of nitriles is 1. The topological polar surface area (TPSA) is 82.4 Å². The number of carbonyl (C=O) groups is 2. The monoisotopic (exact) mass is 389 g/mol. The van der Waals surface area contributed by atoms with Gasteiger partial charge >= 0.3 is 0 Å². The fourth-order valence-corrected chi connectivity index (χ4v) is 3.19. The molecule has 0 atom stereocenters. The van der Waals surface area contributed by atoms with Crippen LogP contribution >= 0.6 is 0 Å². The van der Waals surface area contributed by atoms with E-state index >= 15 is 0 Å². The number of hydrogen-bond acceptors (Lipinski definition) is 4. The molecule has 0 saturated carbocycles. The Bertz CT molecular complexity index is 893. The number of ether oxygens (including phenoxy) is 1. The fourth-order valence-electron chi connectivity index (χ4n) is 3.19. The van der Waals surface area contributed by atoms with Crippen molar-refractivity contribution in [1.29, 1.82) is 5.26 Å². The van der Waals surface area contributed by atoms with Gasteiger partial charge in [-0.1, -0.05) is 30.3 Å². The zero-order valence-corrected chi connectivity index (χ0v) is 16.1. The molecule has 2 aromatic carbocycles. The third-order valence-corrected chi connectivity index (χ3v) is 4.82. The minimum atomic E-state index is -0.0795. The summed E-state index contributed by atoms with van der Waals surface area (Å²) < 4.78 is 5.20. The van der Waals surface area contributed by atoms with Crippen LogP contribution in [0.1, 0.15) is 18.4 Å². The van der Waals surface area contributed by atoms with E-state index in [4.69, 9.17) is 10.00 Å². The highest BCUT2D eigenvalue weighted by Gasteiger charge is 2.26. The first-order chi connectivity index (χ1) is 14.2. The van der Waals surface area contributed by atoms with Crippen LogP contribution in [0, 0.1) is 17.2 Å². The standard InChI is InChI=1S/C23H23N3O3/c24-14-17-29-21-9-6-18(7-10-21)8-11-22(27)26-15-12-19(13-16-26)23(28)25-20-4-2-1-3-5-20/h1-11,19H,12-13,15-17H2,(H,25,28)/b11-8+. The molecule has 1 aliphatic heterocycles. The molecule has 0 aromatic heterocycles. The minimum absolute atomic E-state index is 0.00694. The molecule has 148 valence electrons. The van der Waals surface area contributed by atoms with Crippen LogP contribution in [0.5, 0.6) is 5.75 Å². The molecule has 29 heavy (non-hydrogen) atoms. The molecule has 6 heteroatoms. The number of piperidine rings is 1. The highest BCUT2D eigenvalue weighted by atomic mass is 16.5. The number of nitrogens with zero attached hydrogens (tertiary/aromatic N) is 2. The Hall–Kier alpha value is -3.59. The largest absolute Gasteiger partial charge is 0.479 e. The maximum atomic E-state index is 12.4. The molecule has 0 bridgehead atoms. The van der Waals surface area contributed by atoms with Crippen LogP contribution in [0.15, 0.2) is 60.7 Å². The summed E-state index contributed by atoms with van der Waals surface area (Å²) in [5.74, 6) is 0.490. The SMILES string of the molecule is N#CCOc1ccc(/C=C/C(=O)N2CCC(C(=O)Nc3ccccc3)CC2)cc1. The molecule has 0 aliphatic carbocycles. The van der Waals surface area contributed by atoms with Crippen molar-refractivity contribution in [1.82, 2.24) is 4.90 Å². The Kier molecular flexibility index (Phi) is 7.01. The average Bonchev–Trinajstić information content (AvgIpc) is 2.77. The number of para-hydroxylation sites is 1. The first-order valence-corrected chi connectivity index (χ1v) is 9.58. The Morgan fingerprint density at radius 1 is 1.10 bits per heavy atom. The van der Waals surface area contributed by atoms with Crippen molar-refractivity contribution in [3.05, 3.63) is 66.2 Å². The molecule has 0 radical (unpaired) electrons. The predicted molar refractivity (Wildman–Crippen MR) is 111 cm³/mol. The molecule has 0 spiro atoms. The van der Waals surface area contributed by atoms with Gasteiger partial charge in [-0.25, -0.2) is 0 Å². The van der Waals surface area contributed by atoms with Crippen molar-refractivity contribution in [2.45, 2.75) is 12.8 Å². The van der Waals surface area contributed by atoms with Crippen molar-refractivity contribution >= 4 is 23.6 Å². The zero-order chi connectivity index (χ0) is 20.5. The number of benzene rings is 2. The van der Waals surface area contributed by atoms with E-state index in [0.29, 0.717) is 31.7 Å². The molecule has 0 unspecified atom stereocenters. The van der Waals surface area contributed by atoms with Gasteiger partial charge in [0.1, 0.15) is 11.8 Å². The second-order valence-corrected chi connectivity index (χ2v) is 6.80. The maximum absolute atomic E-state index is 12.4. The van der Waals surface area contributed by atoms with Crippen molar-refractivity contribution in [2.75, 3.05) is 25.0 Å². The van der Waals surface area contributed by atoms with Crippen molar-refractivity contribution < 1.29 is 14.3 Å². The Morgan fingerprint density at radius 3 is 2.45 bits per heavy atom. The summed E-state index contributed by atoms with van der Waals surface area (Å²) in [7, 11) is 0. The maximum Gasteiger partial charge on any atom is 0.246 e. The molecule has 1 heterocycles. The van der Waals surface area contributed by atoms with Crippen LogP contribution in [0.2, 0.25) is 0 Å². The normalized spacial score (nSPS) is 14.4. The summed E-state index contributed by atoms with van der Waals surface area (Å²) in [4.78, 5) is 26.6. The smallest absolute Gasteiger partial charge is 0.246 e. The van der Waals surface area contributed by atoms with Gasteiger partial charge in [0.15, 0.2) is 6.61 Å². The fraction of sp³-hybridized carbons (Fsp3) is 0.261. The van der Waals surface area contributed by atoms with E-state index < -0.39 is 0 Å². The summed E-state index contributed by atoms with van der Waals surface area (Å²) in [6.07, 6.45) is 4.62. The number of nitrogens with one attached hydrogen (secondary N) is 1. The molecule has 6 nitrogen and oxygen atoms in total. The first-order valence-electron chi connectivity index (χ1n) is 9.58. The van der Waals surface area contributed by atoms with E-state index in [-0.39, 0.29) is 24.3 Å². The van der Waals surface area contributed by atoms with E-state index in [1.807, 2.05) is 48.5 Å². The van der Waals surface area contributed by atoms with Gasteiger partial charge in [-0.15, -0.1) is 0 Å². The van der Waals surface area contributed by atoms with Crippen molar-refractivity contribution in [3.63, 3.8) is 0 Å². The van der Waals surface area contributed by atoms with Crippen LogP contribution in [0.3, 0.4) is 0 Å². The molecule has 1 saturated heterocycles. The number of rotatable bonds is 6. The molecular weight excluding hydrogens is 366 g/mol. The van der Waals surface area contributed by atoms with E-state index in [1.165, 1.54) is 0 Å². The van der Waals surface area contributed by atoms with E-state index in [0.717, 1.165) is 11.3 Å². The van der Waals surface area contributed by atoms with E-state index in [1.54, 1.807) is 29.2 Å². The van der Waals surface area contributed by atoms with Crippen LogP contribution in [0.4, 0.5) is 5.69 Å². The number of amides is 2. The molecule has 1 N–H and O–H groups in total. The lowest BCUT2D eigenvalue weighted by Crippen LogP contribution is -2.40. The summed E-state index contributed by atoms with van der Waals surface area (Å²) in [6, 6.07) is 18.5. The summed E-state index contributed by atoms with van der Waals surface area (Å²) in [6.45, 7) is 1.14. The van der Waals surface area contributed by atoms with Gasteiger partial charge in [-0.3, -0.25) is 9.59 Å². The molecule has 2 aromatic rings. The molecule has 2 amide bonds. The van der Waals surface area contributed by atoms with Crippen molar-refractivity contribution in [2.24, 2.45) is 5.92 Å². The highest BCUT2D eigenvalue weighted by molar-refractivity contribution is 5.94. The number of carbonyl (C=O) groups excluding carboxylic acids is 2. The van der Waals surface area contributed by atoms with Gasteiger partial charge in [0.05, 0.1) is 0 Å². The van der Waals surface area contributed by atoms with Gasteiger partial charge in [0, 0.05) is 30.8 Å². The van der Waals surface area contributed by atoms with Crippen LogP contribution in [-0.2, 0) is 9.59 Å². The third-order valence-electron chi connectivity index (χ3n) is 4.82. The Balaban J connectivity index is 1.46. The molecule has 1 fully saturated rings. The first kappa shape index (κ1) is 20.2. The zero-order valence-electron chi connectivity index (χ0n) is 16.1. The van der Waals surface area contributed by atoms with Crippen LogP contribution in [-0.4, -0.2) is 36.4 Å². The highest BCUT2D eigenvalue weighted by Crippen LogP contribution is 2.20. The summed E-state index contributed by atoms with van der Waals surface area (Å²) in [5.41, 5.74) is 1.67. The number of anilines is 1. The lowest BCUT2D eigenvalue weighted by molar-refractivity contribution is -0.130. The second-order valence-electron chi connectivity index (χ2n) is 6.80. The van der Waals surface area contributed by atoms with Crippen molar-refractivity contribution in [3.8, 4) is 11.8 Å². The quantitative estimate of drug-likeness (QED) is 0.767. The number of hydrogen-bond donors (Lipinski definition) is 1. The van der Waals surface area contributed by atoms with Gasteiger partial charge in [0.25, 0.3) is 0 Å². The lowest BCUT2D eigenvalue weighted by atomic mass is 9.95. The Labute approximate surface area is 170 Å². The predicted octanol–water partition coefficient (Wildman–Crippen LogP) is 3.48. The third kappa shape index (κ3) is 5.94. The molecule has 3 rings (SSSR count). The summed E-state index contributed by atoms with van der Waals surface area (Å²) >= 11 is 0. The second kappa shape index (κ2) is 10.1.